The van der Waals surface area contributed by atoms with Crippen LogP contribution >= 0.6 is 0 Å². The minimum Gasteiger partial charge on any atom is -0.489 e. The Bertz CT molecular complexity index is 760. The lowest BCUT2D eigenvalue weighted by Crippen LogP contribution is -2.49. The SMILES string of the molecule is CC(C)C[C@H](O)C(=O)N[C@@H](Cc1ccc(OCc2ccccc2)cc1)C(N)=O. The van der Waals surface area contributed by atoms with Crippen LogP contribution in [0.1, 0.15) is 31.4 Å². The van der Waals surface area contributed by atoms with Crippen LogP contribution < -0.4 is 15.8 Å². The molecule has 2 rings (SSSR count). The van der Waals surface area contributed by atoms with Crippen molar-refractivity contribution in [3.05, 3.63) is 65.7 Å². The molecule has 0 heterocycles. The molecular weight excluding hydrogens is 356 g/mol. The zero-order valence-corrected chi connectivity index (χ0v) is 16.3. The molecule has 0 radical (unpaired) electrons. The van der Waals surface area contributed by atoms with E-state index in [1.807, 2.05) is 68.4 Å². The summed E-state index contributed by atoms with van der Waals surface area (Å²) in [5, 5.41) is 12.4. The summed E-state index contributed by atoms with van der Waals surface area (Å²) in [6.07, 6.45) is -0.588. The van der Waals surface area contributed by atoms with E-state index in [4.69, 9.17) is 10.5 Å². The van der Waals surface area contributed by atoms with Gasteiger partial charge in [0.05, 0.1) is 0 Å². The topological polar surface area (TPSA) is 102 Å². The van der Waals surface area contributed by atoms with E-state index in [2.05, 4.69) is 5.32 Å². The largest absolute Gasteiger partial charge is 0.489 e. The van der Waals surface area contributed by atoms with Crippen molar-refractivity contribution in [3.63, 3.8) is 0 Å². The van der Waals surface area contributed by atoms with Crippen molar-refractivity contribution in [2.75, 3.05) is 0 Å². The normalized spacial score (nSPS) is 13.0. The van der Waals surface area contributed by atoms with Gasteiger partial charge in [-0.2, -0.15) is 0 Å². The number of benzene rings is 2. The summed E-state index contributed by atoms with van der Waals surface area (Å²) in [5.74, 6) is -0.356. The molecule has 0 aliphatic carbocycles. The Labute approximate surface area is 165 Å². The molecular formula is C22H28N2O4. The van der Waals surface area contributed by atoms with Gasteiger partial charge in [0.25, 0.3) is 0 Å². The fourth-order valence-corrected chi connectivity index (χ4v) is 2.74. The third-order valence-electron chi connectivity index (χ3n) is 4.27. The first-order valence-corrected chi connectivity index (χ1v) is 9.38. The zero-order valence-electron chi connectivity index (χ0n) is 16.3. The van der Waals surface area contributed by atoms with Gasteiger partial charge in [-0.3, -0.25) is 9.59 Å². The molecule has 150 valence electrons. The molecule has 2 aromatic rings. The molecule has 2 amide bonds. The number of primary amides is 1. The predicted molar refractivity (Wildman–Crippen MR) is 108 cm³/mol. The monoisotopic (exact) mass is 384 g/mol. The molecule has 0 aliphatic heterocycles. The van der Waals surface area contributed by atoms with Gasteiger partial charge in [0.15, 0.2) is 0 Å². The number of rotatable bonds is 10. The van der Waals surface area contributed by atoms with Crippen molar-refractivity contribution in [2.24, 2.45) is 11.7 Å². The van der Waals surface area contributed by atoms with Crippen molar-refractivity contribution in [3.8, 4) is 5.75 Å². The second kappa shape index (κ2) is 10.5. The number of nitrogens with one attached hydrogen (secondary N) is 1. The van der Waals surface area contributed by atoms with E-state index >= 15 is 0 Å². The average Bonchev–Trinajstić information content (AvgIpc) is 2.67. The van der Waals surface area contributed by atoms with E-state index in [9.17, 15) is 14.7 Å². The zero-order chi connectivity index (χ0) is 20.5. The van der Waals surface area contributed by atoms with E-state index in [1.165, 1.54) is 0 Å². The van der Waals surface area contributed by atoms with Crippen molar-refractivity contribution in [1.82, 2.24) is 5.32 Å². The maximum atomic E-state index is 12.1. The van der Waals surface area contributed by atoms with E-state index in [0.717, 1.165) is 11.1 Å². The van der Waals surface area contributed by atoms with Gasteiger partial charge >= 0.3 is 0 Å². The lowest BCUT2D eigenvalue weighted by atomic mass is 10.0. The molecule has 0 saturated carbocycles. The molecule has 0 fully saturated rings. The Morgan fingerprint density at radius 1 is 1.04 bits per heavy atom. The molecule has 6 heteroatoms. The number of amides is 2. The molecule has 0 spiro atoms. The van der Waals surface area contributed by atoms with Crippen LogP contribution in [0.15, 0.2) is 54.6 Å². The first-order valence-electron chi connectivity index (χ1n) is 9.38. The first-order chi connectivity index (χ1) is 13.3. The van der Waals surface area contributed by atoms with Crippen molar-refractivity contribution >= 4 is 11.8 Å². The number of aliphatic hydroxyl groups is 1. The highest BCUT2D eigenvalue weighted by Crippen LogP contribution is 2.15. The Hall–Kier alpha value is -2.86. The summed E-state index contributed by atoms with van der Waals surface area (Å²) < 4.78 is 5.74. The van der Waals surface area contributed by atoms with Gasteiger partial charge in [0.2, 0.25) is 11.8 Å². The van der Waals surface area contributed by atoms with Crippen LogP contribution in [0, 0.1) is 5.92 Å². The number of hydrogen-bond acceptors (Lipinski definition) is 4. The van der Waals surface area contributed by atoms with Gasteiger partial charge in [-0.05, 0) is 35.6 Å². The third kappa shape index (κ3) is 7.04. The van der Waals surface area contributed by atoms with Crippen LogP contribution in [0.3, 0.4) is 0 Å². The number of carbonyl (C=O) groups excluding carboxylic acids is 2. The van der Waals surface area contributed by atoms with Crippen LogP contribution in [-0.4, -0.2) is 29.1 Å². The summed E-state index contributed by atoms with van der Waals surface area (Å²) in [7, 11) is 0. The fourth-order valence-electron chi connectivity index (χ4n) is 2.74. The number of hydrogen-bond donors (Lipinski definition) is 3. The summed E-state index contributed by atoms with van der Waals surface area (Å²) in [5.41, 5.74) is 7.32. The number of nitrogens with two attached hydrogens (primary N) is 1. The van der Waals surface area contributed by atoms with Crippen LogP contribution in [0.2, 0.25) is 0 Å². The van der Waals surface area contributed by atoms with Gasteiger partial charge in [-0.25, -0.2) is 0 Å². The van der Waals surface area contributed by atoms with Gasteiger partial charge in [-0.1, -0.05) is 56.3 Å². The van der Waals surface area contributed by atoms with Gasteiger partial charge < -0.3 is 20.9 Å². The first kappa shape index (κ1) is 21.4. The summed E-state index contributed by atoms with van der Waals surface area (Å²) in [6.45, 7) is 4.28. The van der Waals surface area contributed by atoms with Gasteiger partial charge in [0, 0.05) is 6.42 Å². The van der Waals surface area contributed by atoms with Crippen LogP contribution in [0.4, 0.5) is 0 Å². The lowest BCUT2D eigenvalue weighted by molar-refractivity contribution is -0.133. The molecule has 6 nitrogen and oxygen atoms in total. The molecule has 0 unspecified atom stereocenters. The molecule has 0 saturated heterocycles. The van der Waals surface area contributed by atoms with Gasteiger partial charge in [0.1, 0.15) is 24.5 Å². The molecule has 2 atom stereocenters. The van der Waals surface area contributed by atoms with Crippen molar-refractivity contribution < 1.29 is 19.4 Å². The van der Waals surface area contributed by atoms with Crippen molar-refractivity contribution in [2.45, 2.75) is 45.4 Å². The third-order valence-corrected chi connectivity index (χ3v) is 4.27. The molecule has 28 heavy (non-hydrogen) atoms. The smallest absolute Gasteiger partial charge is 0.249 e. The Kier molecular flexibility index (Phi) is 8.02. The Morgan fingerprint density at radius 2 is 1.68 bits per heavy atom. The molecule has 0 bridgehead atoms. The van der Waals surface area contributed by atoms with E-state index in [0.29, 0.717) is 18.8 Å². The number of carbonyl (C=O) groups is 2. The Balaban J connectivity index is 1.92. The highest BCUT2D eigenvalue weighted by atomic mass is 16.5. The summed E-state index contributed by atoms with van der Waals surface area (Å²) in [4.78, 5) is 23.8. The van der Waals surface area contributed by atoms with Crippen LogP contribution in [-0.2, 0) is 22.6 Å². The number of ether oxygens (including phenoxy) is 1. The quantitative estimate of drug-likeness (QED) is 0.584. The predicted octanol–water partition coefficient (Wildman–Crippen LogP) is 2.19. The fraction of sp³-hybridized carbons (Fsp3) is 0.364. The van der Waals surface area contributed by atoms with E-state index in [1.54, 1.807) is 0 Å². The molecule has 0 aliphatic rings. The standard InChI is InChI=1S/C22H28N2O4/c1-15(2)12-20(25)22(27)24-19(21(23)26)13-16-8-10-18(11-9-16)28-14-17-6-4-3-5-7-17/h3-11,15,19-20,25H,12-14H2,1-2H3,(H2,23,26)(H,24,27)/t19-,20-/m0/s1. The maximum Gasteiger partial charge on any atom is 0.249 e. The second-order valence-electron chi connectivity index (χ2n) is 7.23. The van der Waals surface area contributed by atoms with Gasteiger partial charge in [-0.15, -0.1) is 0 Å². The van der Waals surface area contributed by atoms with E-state index in [-0.39, 0.29) is 12.3 Å². The minimum atomic E-state index is -1.16. The molecule has 2 aromatic carbocycles. The van der Waals surface area contributed by atoms with Crippen LogP contribution in [0.25, 0.3) is 0 Å². The van der Waals surface area contributed by atoms with E-state index < -0.39 is 24.0 Å². The maximum absolute atomic E-state index is 12.1. The highest BCUT2D eigenvalue weighted by molar-refractivity contribution is 5.88. The molecule has 0 aromatic heterocycles. The summed E-state index contributed by atoms with van der Waals surface area (Å²) in [6, 6.07) is 16.2. The van der Waals surface area contributed by atoms with Crippen molar-refractivity contribution in [1.29, 1.82) is 0 Å². The summed E-state index contributed by atoms with van der Waals surface area (Å²) >= 11 is 0. The second-order valence-corrected chi connectivity index (χ2v) is 7.23. The average molecular weight is 384 g/mol. The minimum absolute atomic E-state index is 0.163. The Morgan fingerprint density at radius 3 is 2.25 bits per heavy atom. The number of aliphatic hydroxyl groups excluding tert-OH is 1. The lowest BCUT2D eigenvalue weighted by Gasteiger charge is -2.19. The highest BCUT2D eigenvalue weighted by Gasteiger charge is 2.23. The van der Waals surface area contributed by atoms with Crippen LogP contribution in [0.5, 0.6) is 5.75 Å². The molecule has 4 N–H and O–H groups in total.